The summed E-state index contributed by atoms with van der Waals surface area (Å²) in [5.41, 5.74) is 9.00. The Bertz CT molecular complexity index is 510. The third-order valence-corrected chi connectivity index (χ3v) is 6.80. The van der Waals surface area contributed by atoms with E-state index < -0.39 is 0 Å². The topological polar surface area (TPSA) is 38.9 Å². The molecule has 4 aliphatic rings. The first-order valence-corrected chi connectivity index (χ1v) is 8.66. The van der Waals surface area contributed by atoms with Crippen molar-refractivity contribution in [2.45, 2.75) is 64.3 Å². The maximum atomic E-state index is 6.87. The monoisotopic (exact) mass is 284 g/mol. The van der Waals surface area contributed by atoms with E-state index >= 15 is 0 Å². The minimum absolute atomic E-state index is 0.262. The Morgan fingerprint density at radius 3 is 2.48 bits per heavy atom. The fraction of sp³-hybridized carbons (Fsp3) is 0.737. The van der Waals surface area contributed by atoms with Crippen LogP contribution in [0.2, 0.25) is 0 Å². The Hall–Kier alpha value is -0.890. The van der Waals surface area contributed by atoms with E-state index in [1.807, 2.05) is 12.3 Å². The number of pyridine rings is 1. The van der Waals surface area contributed by atoms with Crippen LogP contribution in [-0.2, 0) is 0 Å². The molecule has 1 aromatic heterocycles. The fourth-order valence-electron chi connectivity index (χ4n) is 6.55. The maximum absolute atomic E-state index is 6.87. The molecular weight excluding hydrogens is 256 g/mol. The molecule has 2 N–H and O–H groups in total. The Kier molecular flexibility index (Phi) is 2.98. The van der Waals surface area contributed by atoms with Crippen molar-refractivity contribution in [1.82, 2.24) is 4.98 Å². The second-order valence-electron chi connectivity index (χ2n) is 8.70. The highest BCUT2D eigenvalue weighted by Crippen LogP contribution is 2.66. The Morgan fingerprint density at radius 2 is 1.90 bits per heavy atom. The van der Waals surface area contributed by atoms with Gasteiger partial charge >= 0.3 is 0 Å². The average molecular weight is 284 g/mol. The SMILES string of the molecule is CC(c1ccccn1)C(N)C12CC3CC(CC(C)(C3)C1)C2. The first kappa shape index (κ1) is 13.8. The van der Waals surface area contributed by atoms with Gasteiger partial charge in [-0.15, -0.1) is 0 Å². The molecule has 0 radical (unpaired) electrons. The standard InChI is InChI=1S/C19H28N2/c1-13(16-5-3-4-6-21-16)17(20)19-10-14-7-15(11-19)9-18(2,8-14)12-19/h3-6,13-15,17H,7-12,20H2,1-2H3. The van der Waals surface area contributed by atoms with E-state index in [1.54, 1.807) is 0 Å². The van der Waals surface area contributed by atoms with Crippen molar-refractivity contribution in [3.8, 4) is 0 Å². The third-order valence-electron chi connectivity index (χ3n) is 6.80. The van der Waals surface area contributed by atoms with Gasteiger partial charge in [-0.25, -0.2) is 0 Å². The van der Waals surface area contributed by atoms with E-state index in [9.17, 15) is 0 Å². The van der Waals surface area contributed by atoms with E-state index in [-0.39, 0.29) is 6.04 Å². The number of aromatic nitrogens is 1. The first-order chi connectivity index (χ1) is 10.00. The molecule has 0 spiro atoms. The van der Waals surface area contributed by atoms with Gasteiger partial charge in [-0.05, 0) is 73.3 Å². The van der Waals surface area contributed by atoms with E-state index in [0.717, 1.165) is 11.8 Å². The van der Waals surface area contributed by atoms with Crippen molar-refractivity contribution in [1.29, 1.82) is 0 Å². The molecule has 21 heavy (non-hydrogen) atoms. The normalized spacial score (nSPS) is 43.8. The van der Waals surface area contributed by atoms with Gasteiger partial charge in [0.2, 0.25) is 0 Å². The van der Waals surface area contributed by atoms with Crippen LogP contribution >= 0.6 is 0 Å². The summed E-state index contributed by atoms with van der Waals surface area (Å²) < 4.78 is 0. The largest absolute Gasteiger partial charge is 0.327 e. The molecule has 114 valence electrons. The lowest BCUT2D eigenvalue weighted by atomic mass is 9.42. The van der Waals surface area contributed by atoms with Crippen LogP contribution in [0, 0.1) is 22.7 Å². The number of nitrogens with two attached hydrogens (primary N) is 1. The van der Waals surface area contributed by atoms with Gasteiger partial charge in [0.15, 0.2) is 0 Å². The lowest BCUT2D eigenvalue weighted by Crippen LogP contribution is -2.58. The van der Waals surface area contributed by atoms with Gasteiger partial charge < -0.3 is 5.73 Å². The molecule has 0 aromatic carbocycles. The molecule has 4 bridgehead atoms. The molecule has 0 amide bonds. The molecule has 0 aliphatic heterocycles. The minimum Gasteiger partial charge on any atom is -0.327 e. The van der Waals surface area contributed by atoms with Crippen LogP contribution < -0.4 is 5.73 Å². The highest BCUT2D eigenvalue weighted by atomic mass is 14.8. The number of nitrogens with zero attached hydrogens (tertiary/aromatic N) is 1. The molecule has 0 saturated heterocycles. The van der Waals surface area contributed by atoms with E-state index in [4.69, 9.17) is 5.73 Å². The lowest BCUT2D eigenvalue weighted by Gasteiger charge is -2.63. The zero-order chi connectivity index (χ0) is 14.7. The Morgan fingerprint density at radius 1 is 1.19 bits per heavy atom. The van der Waals surface area contributed by atoms with Gasteiger partial charge in [0.1, 0.15) is 0 Å². The average Bonchev–Trinajstić information content (AvgIpc) is 2.44. The van der Waals surface area contributed by atoms with Crippen LogP contribution in [0.4, 0.5) is 0 Å². The smallest absolute Gasteiger partial charge is 0.0447 e. The summed E-state index contributed by atoms with van der Waals surface area (Å²) in [4.78, 5) is 4.56. The Labute approximate surface area is 128 Å². The summed E-state index contributed by atoms with van der Waals surface area (Å²) in [5.74, 6) is 2.25. The molecule has 4 unspecified atom stereocenters. The minimum atomic E-state index is 0.262. The first-order valence-electron chi connectivity index (χ1n) is 8.66. The van der Waals surface area contributed by atoms with Crippen LogP contribution in [0.5, 0.6) is 0 Å². The van der Waals surface area contributed by atoms with Crippen LogP contribution in [0.3, 0.4) is 0 Å². The van der Waals surface area contributed by atoms with E-state index in [0.29, 0.717) is 16.7 Å². The zero-order valence-electron chi connectivity index (χ0n) is 13.4. The van der Waals surface area contributed by atoms with Gasteiger partial charge in [-0.2, -0.15) is 0 Å². The van der Waals surface area contributed by atoms with Crippen LogP contribution in [0.15, 0.2) is 24.4 Å². The second kappa shape index (κ2) is 4.55. The lowest BCUT2D eigenvalue weighted by molar-refractivity contribution is -0.115. The zero-order valence-corrected chi connectivity index (χ0v) is 13.4. The van der Waals surface area contributed by atoms with Crippen molar-refractivity contribution in [3.63, 3.8) is 0 Å². The molecule has 4 fully saturated rings. The summed E-state index contributed by atoms with van der Waals surface area (Å²) in [7, 11) is 0. The maximum Gasteiger partial charge on any atom is 0.0447 e. The molecular formula is C19H28N2. The highest BCUT2D eigenvalue weighted by Gasteiger charge is 2.58. The van der Waals surface area contributed by atoms with E-state index in [1.165, 1.54) is 44.2 Å². The molecule has 1 heterocycles. The van der Waals surface area contributed by atoms with Crippen molar-refractivity contribution in [3.05, 3.63) is 30.1 Å². The summed E-state index contributed by atoms with van der Waals surface area (Å²) in [5, 5.41) is 0. The van der Waals surface area contributed by atoms with Gasteiger partial charge in [-0.3, -0.25) is 4.98 Å². The third kappa shape index (κ3) is 2.14. The highest BCUT2D eigenvalue weighted by molar-refractivity contribution is 5.17. The predicted octanol–water partition coefficient (Wildman–Crippen LogP) is 4.12. The molecule has 2 heteroatoms. The number of hydrogen-bond acceptors (Lipinski definition) is 2. The van der Waals surface area contributed by atoms with Gasteiger partial charge in [0.25, 0.3) is 0 Å². The molecule has 5 rings (SSSR count). The van der Waals surface area contributed by atoms with Crippen molar-refractivity contribution >= 4 is 0 Å². The van der Waals surface area contributed by atoms with Gasteiger partial charge in [0.05, 0.1) is 0 Å². The number of hydrogen-bond donors (Lipinski definition) is 1. The molecule has 4 aliphatic carbocycles. The molecule has 4 saturated carbocycles. The fourth-order valence-corrected chi connectivity index (χ4v) is 6.55. The van der Waals surface area contributed by atoms with Gasteiger partial charge in [-0.1, -0.05) is 19.9 Å². The predicted molar refractivity (Wildman–Crippen MR) is 85.8 cm³/mol. The second-order valence-corrected chi connectivity index (χ2v) is 8.70. The van der Waals surface area contributed by atoms with Gasteiger partial charge in [0, 0.05) is 23.9 Å². The van der Waals surface area contributed by atoms with Crippen LogP contribution in [-0.4, -0.2) is 11.0 Å². The quantitative estimate of drug-likeness (QED) is 0.907. The molecule has 2 nitrogen and oxygen atoms in total. The Balaban J connectivity index is 1.63. The van der Waals surface area contributed by atoms with Crippen molar-refractivity contribution in [2.24, 2.45) is 28.4 Å². The van der Waals surface area contributed by atoms with Crippen molar-refractivity contribution < 1.29 is 0 Å². The van der Waals surface area contributed by atoms with Crippen LogP contribution in [0.1, 0.15) is 64.0 Å². The van der Waals surface area contributed by atoms with E-state index in [2.05, 4.69) is 31.0 Å². The van der Waals surface area contributed by atoms with Crippen molar-refractivity contribution in [2.75, 3.05) is 0 Å². The summed E-state index contributed by atoms with van der Waals surface area (Å²) in [6.45, 7) is 4.81. The number of rotatable bonds is 3. The summed E-state index contributed by atoms with van der Waals surface area (Å²) in [6, 6.07) is 6.49. The van der Waals surface area contributed by atoms with Crippen LogP contribution in [0.25, 0.3) is 0 Å². The molecule has 1 aromatic rings. The summed E-state index contributed by atoms with van der Waals surface area (Å²) >= 11 is 0. The molecule has 4 atom stereocenters. The summed E-state index contributed by atoms with van der Waals surface area (Å²) in [6.07, 6.45) is 10.4.